The van der Waals surface area contributed by atoms with E-state index in [1.165, 1.54) is 7.11 Å². The van der Waals surface area contributed by atoms with Crippen molar-refractivity contribution in [3.05, 3.63) is 0 Å². The van der Waals surface area contributed by atoms with Gasteiger partial charge in [0, 0.05) is 26.7 Å². The van der Waals surface area contributed by atoms with Crippen molar-refractivity contribution in [2.24, 2.45) is 0 Å². The molecule has 0 bridgehead atoms. The number of amides is 2. The molecule has 7 nitrogen and oxygen atoms in total. The second-order valence-electron chi connectivity index (χ2n) is 3.99. The summed E-state index contributed by atoms with van der Waals surface area (Å²) in [5.41, 5.74) is 0. The molecule has 0 aromatic heterocycles. The molecule has 0 aliphatic rings. The number of hydrogen-bond donors (Lipinski definition) is 3. The third kappa shape index (κ3) is 8.77. The Kier molecular flexibility index (Phi) is 8.95. The monoisotopic (exact) mass is 262 g/mol. The second-order valence-corrected chi connectivity index (χ2v) is 3.99. The van der Waals surface area contributed by atoms with Crippen molar-refractivity contribution in [2.75, 3.05) is 26.9 Å². The molecule has 0 aliphatic carbocycles. The van der Waals surface area contributed by atoms with Gasteiger partial charge >= 0.3 is 12.0 Å². The standard InChI is InChI=1S/C11H22N2O5/c1-8(2)18-7-5-12-11(16)13-9(10(14)15)4-6-17-3/h8-9H,4-7H2,1-3H3,(H,14,15)(H2,12,13,16). The van der Waals surface area contributed by atoms with Gasteiger partial charge in [-0.3, -0.25) is 0 Å². The SMILES string of the molecule is COCCC(NC(=O)NCCOC(C)C)C(=O)O. The highest BCUT2D eigenvalue weighted by atomic mass is 16.5. The van der Waals surface area contributed by atoms with Crippen LogP contribution in [0.15, 0.2) is 0 Å². The number of carbonyl (C=O) groups excluding carboxylic acids is 1. The Balaban J connectivity index is 3.84. The molecule has 0 fully saturated rings. The lowest BCUT2D eigenvalue weighted by atomic mass is 10.2. The molecule has 0 radical (unpaired) electrons. The third-order valence-corrected chi connectivity index (χ3v) is 2.05. The van der Waals surface area contributed by atoms with E-state index < -0.39 is 18.0 Å². The van der Waals surface area contributed by atoms with E-state index in [0.29, 0.717) is 13.2 Å². The maximum atomic E-state index is 11.4. The summed E-state index contributed by atoms with van der Waals surface area (Å²) in [5, 5.41) is 13.7. The molecular weight excluding hydrogens is 240 g/mol. The minimum Gasteiger partial charge on any atom is -0.480 e. The molecule has 7 heteroatoms. The molecule has 0 aromatic carbocycles. The molecule has 0 rings (SSSR count). The Morgan fingerprint density at radius 2 is 1.94 bits per heavy atom. The van der Waals surface area contributed by atoms with Crippen molar-refractivity contribution in [1.29, 1.82) is 0 Å². The first kappa shape index (κ1) is 16.7. The van der Waals surface area contributed by atoms with E-state index in [1.807, 2.05) is 13.8 Å². The van der Waals surface area contributed by atoms with Crippen LogP contribution in [0.4, 0.5) is 4.79 Å². The summed E-state index contributed by atoms with van der Waals surface area (Å²) in [7, 11) is 1.47. The predicted octanol–water partition coefficient (Wildman–Crippen LogP) is 0.200. The average Bonchev–Trinajstić information content (AvgIpc) is 2.29. The molecule has 18 heavy (non-hydrogen) atoms. The summed E-state index contributed by atoms with van der Waals surface area (Å²) < 4.78 is 10.0. The van der Waals surface area contributed by atoms with Gasteiger partial charge in [-0.25, -0.2) is 9.59 Å². The van der Waals surface area contributed by atoms with Gasteiger partial charge in [-0.1, -0.05) is 0 Å². The van der Waals surface area contributed by atoms with Crippen LogP contribution >= 0.6 is 0 Å². The molecule has 1 unspecified atom stereocenters. The highest BCUT2D eigenvalue weighted by Gasteiger charge is 2.19. The topological polar surface area (TPSA) is 96.9 Å². The molecule has 106 valence electrons. The first-order valence-corrected chi connectivity index (χ1v) is 5.85. The Morgan fingerprint density at radius 3 is 2.44 bits per heavy atom. The van der Waals surface area contributed by atoms with Crippen molar-refractivity contribution >= 4 is 12.0 Å². The summed E-state index contributed by atoms with van der Waals surface area (Å²) in [6.45, 7) is 4.78. The van der Waals surface area contributed by atoms with Gasteiger partial charge in [-0.15, -0.1) is 0 Å². The number of methoxy groups -OCH3 is 1. The van der Waals surface area contributed by atoms with Crippen molar-refractivity contribution in [3.8, 4) is 0 Å². The molecule has 0 saturated carbocycles. The fourth-order valence-corrected chi connectivity index (χ4v) is 1.16. The molecule has 0 aliphatic heterocycles. The predicted molar refractivity (Wildman–Crippen MR) is 65.5 cm³/mol. The summed E-state index contributed by atoms with van der Waals surface area (Å²) in [4.78, 5) is 22.2. The van der Waals surface area contributed by atoms with E-state index in [2.05, 4.69) is 10.6 Å². The molecule has 3 N–H and O–H groups in total. The van der Waals surface area contributed by atoms with E-state index >= 15 is 0 Å². The van der Waals surface area contributed by atoms with Gasteiger partial charge < -0.3 is 25.2 Å². The van der Waals surface area contributed by atoms with E-state index in [9.17, 15) is 9.59 Å². The highest BCUT2D eigenvalue weighted by Crippen LogP contribution is 1.93. The average molecular weight is 262 g/mol. The van der Waals surface area contributed by atoms with Crippen LogP contribution in [-0.4, -0.2) is 56.1 Å². The Morgan fingerprint density at radius 1 is 1.28 bits per heavy atom. The third-order valence-electron chi connectivity index (χ3n) is 2.05. The van der Waals surface area contributed by atoms with Gasteiger partial charge in [0.2, 0.25) is 0 Å². The largest absolute Gasteiger partial charge is 0.480 e. The van der Waals surface area contributed by atoms with Crippen LogP contribution in [0.3, 0.4) is 0 Å². The van der Waals surface area contributed by atoms with Crippen LogP contribution in [0.1, 0.15) is 20.3 Å². The van der Waals surface area contributed by atoms with E-state index in [1.54, 1.807) is 0 Å². The minimum atomic E-state index is -1.08. The fourth-order valence-electron chi connectivity index (χ4n) is 1.16. The summed E-state index contributed by atoms with van der Waals surface area (Å²) >= 11 is 0. The zero-order valence-corrected chi connectivity index (χ0v) is 11.1. The van der Waals surface area contributed by atoms with Crippen LogP contribution in [0.2, 0.25) is 0 Å². The Hall–Kier alpha value is -1.34. The van der Waals surface area contributed by atoms with Crippen LogP contribution in [0.25, 0.3) is 0 Å². The number of carboxylic acid groups (broad SMARTS) is 1. The second kappa shape index (κ2) is 9.67. The van der Waals surface area contributed by atoms with E-state index in [4.69, 9.17) is 14.6 Å². The van der Waals surface area contributed by atoms with Crippen LogP contribution in [0.5, 0.6) is 0 Å². The lowest BCUT2D eigenvalue weighted by Gasteiger charge is -2.15. The first-order valence-electron chi connectivity index (χ1n) is 5.85. The maximum Gasteiger partial charge on any atom is 0.326 e. The summed E-state index contributed by atoms with van der Waals surface area (Å²) in [6, 6.07) is -1.47. The van der Waals surface area contributed by atoms with Gasteiger partial charge in [0.05, 0.1) is 12.7 Å². The zero-order valence-electron chi connectivity index (χ0n) is 11.1. The smallest absolute Gasteiger partial charge is 0.326 e. The van der Waals surface area contributed by atoms with Crippen LogP contribution in [-0.2, 0) is 14.3 Å². The van der Waals surface area contributed by atoms with Gasteiger partial charge in [0.15, 0.2) is 0 Å². The van der Waals surface area contributed by atoms with Crippen molar-refractivity contribution in [1.82, 2.24) is 10.6 Å². The van der Waals surface area contributed by atoms with Gasteiger partial charge in [0.25, 0.3) is 0 Å². The van der Waals surface area contributed by atoms with Gasteiger partial charge in [-0.2, -0.15) is 0 Å². The van der Waals surface area contributed by atoms with Crippen LogP contribution in [0, 0.1) is 0 Å². The number of nitrogens with one attached hydrogen (secondary N) is 2. The van der Waals surface area contributed by atoms with Crippen molar-refractivity contribution in [3.63, 3.8) is 0 Å². The molecule has 1 atom stereocenters. The Labute approximate surface area is 107 Å². The molecule has 0 aromatic rings. The van der Waals surface area contributed by atoms with E-state index in [-0.39, 0.29) is 19.1 Å². The number of aliphatic carboxylic acids is 1. The quantitative estimate of drug-likeness (QED) is 0.516. The van der Waals surface area contributed by atoms with Gasteiger partial charge in [0.1, 0.15) is 6.04 Å². The van der Waals surface area contributed by atoms with Gasteiger partial charge in [-0.05, 0) is 13.8 Å². The Bertz CT molecular complexity index is 258. The fraction of sp³-hybridized carbons (Fsp3) is 0.818. The maximum absolute atomic E-state index is 11.4. The lowest BCUT2D eigenvalue weighted by Crippen LogP contribution is -2.47. The molecule has 2 amide bonds. The number of carboxylic acids is 1. The number of ether oxygens (including phenoxy) is 2. The number of urea groups is 1. The summed E-state index contributed by atoms with van der Waals surface area (Å²) in [5.74, 6) is -1.08. The zero-order chi connectivity index (χ0) is 14.0. The van der Waals surface area contributed by atoms with Crippen molar-refractivity contribution in [2.45, 2.75) is 32.4 Å². The molecule has 0 spiro atoms. The van der Waals surface area contributed by atoms with E-state index in [0.717, 1.165) is 0 Å². The number of carbonyl (C=O) groups is 2. The molecule has 0 heterocycles. The van der Waals surface area contributed by atoms with Crippen LogP contribution < -0.4 is 10.6 Å². The number of hydrogen-bond acceptors (Lipinski definition) is 4. The minimum absolute atomic E-state index is 0.100. The summed E-state index contributed by atoms with van der Waals surface area (Å²) in [6.07, 6.45) is 0.324. The number of rotatable bonds is 9. The first-order chi connectivity index (χ1) is 8.47. The highest BCUT2D eigenvalue weighted by molar-refractivity contribution is 5.82. The molecule has 0 saturated heterocycles. The normalized spacial score (nSPS) is 12.2. The van der Waals surface area contributed by atoms with Crippen molar-refractivity contribution < 1.29 is 24.2 Å². The lowest BCUT2D eigenvalue weighted by molar-refractivity contribution is -0.139. The molecular formula is C11H22N2O5.